The van der Waals surface area contributed by atoms with Crippen LogP contribution in [0.3, 0.4) is 0 Å². The van der Waals surface area contributed by atoms with Crippen LogP contribution in [0.15, 0.2) is 58.5 Å². The maximum atomic E-state index is 4.85. The summed E-state index contributed by atoms with van der Waals surface area (Å²) in [7, 11) is 0. The van der Waals surface area contributed by atoms with Gasteiger partial charge in [-0.15, -0.1) is 0 Å². The normalized spacial score (nSPS) is 11.1. The molecule has 0 aliphatic heterocycles. The third kappa shape index (κ3) is 11.7. The molecule has 2 nitrogen and oxygen atoms in total. The Morgan fingerprint density at radius 2 is 1.15 bits per heavy atom. The Labute approximate surface area is 208 Å². The molecule has 0 aromatic heterocycles. The highest BCUT2D eigenvalue weighted by atomic mass is 14.8. The summed E-state index contributed by atoms with van der Waals surface area (Å²) in [5, 5.41) is 0. The van der Waals surface area contributed by atoms with E-state index < -0.39 is 0 Å². The molecular formula is C32H40N2. The molecule has 34 heavy (non-hydrogen) atoms. The molecule has 2 heteroatoms. The standard InChI is InChI=1S/C32H40N2/c1-4-7-10-12-14-16-28-19-23-30(24-20-28)33-27-32(18-9-6-3)34-31-25-21-29(22-26-31)17-15-13-11-8-5-2/h19-27H,4-13,18H2,1-3H3. The molecule has 0 aliphatic rings. The fourth-order valence-corrected chi connectivity index (χ4v) is 3.33. The molecule has 0 heterocycles. The van der Waals surface area contributed by atoms with E-state index in [9.17, 15) is 0 Å². The van der Waals surface area contributed by atoms with Crippen molar-refractivity contribution in [2.75, 3.05) is 0 Å². The average Bonchev–Trinajstić information content (AvgIpc) is 2.87. The van der Waals surface area contributed by atoms with E-state index in [-0.39, 0.29) is 0 Å². The second-order valence-electron chi connectivity index (χ2n) is 8.58. The van der Waals surface area contributed by atoms with Gasteiger partial charge in [0.15, 0.2) is 0 Å². The zero-order valence-corrected chi connectivity index (χ0v) is 21.4. The minimum absolute atomic E-state index is 0.917. The van der Waals surface area contributed by atoms with Crippen LogP contribution >= 0.6 is 0 Å². The summed E-state index contributed by atoms with van der Waals surface area (Å²) in [4.78, 5) is 9.53. The first-order chi connectivity index (χ1) is 16.7. The van der Waals surface area contributed by atoms with Gasteiger partial charge in [0.05, 0.1) is 17.1 Å². The van der Waals surface area contributed by atoms with Gasteiger partial charge in [0.2, 0.25) is 0 Å². The predicted octanol–water partition coefficient (Wildman–Crippen LogP) is 9.22. The van der Waals surface area contributed by atoms with Gasteiger partial charge in [0, 0.05) is 30.2 Å². The molecule has 2 aromatic carbocycles. The molecule has 0 unspecified atom stereocenters. The zero-order chi connectivity index (χ0) is 24.3. The van der Waals surface area contributed by atoms with Crippen LogP contribution in [-0.4, -0.2) is 11.9 Å². The summed E-state index contributed by atoms with van der Waals surface area (Å²) >= 11 is 0. The summed E-state index contributed by atoms with van der Waals surface area (Å²) in [5.74, 6) is 13.0. The molecule has 0 saturated carbocycles. The predicted molar refractivity (Wildman–Crippen MR) is 150 cm³/mol. The topological polar surface area (TPSA) is 24.7 Å². The van der Waals surface area contributed by atoms with E-state index in [2.05, 4.69) is 61.6 Å². The lowest BCUT2D eigenvalue weighted by Crippen LogP contribution is -1.99. The summed E-state index contributed by atoms with van der Waals surface area (Å²) in [6.07, 6.45) is 14.3. The molecule has 0 amide bonds. The molecule has 0 aliphatic carbocycles. The van der Waals surface area contributed by atoms with Crippen LogP contribution in [0.1, 0.15) is 103 Å². The van der Waals surface area contributed by atoms with E-state index in [0.29, 0.717) is 0 Å². The van der Waals surface area contributed by atoms with Crippen LogP contribution in [0.2, 0.25) is 0 Å². The van der Waals surface area contributed by atoms with Crippen LogP contribution < -0.4 is 0 Å². The van der Waals surface area contributed by atoms with Gasteiger partial charge >= 0.3 is 0 Å². The van der Waals surface area contributed by atoms with Crippen molar-refractivity contribution in [3.8, 4) is 23.7 Å². The molecule has 178 valence electrons. The van der Waals surface area contributed by atoms with Crippen molar-refractivity contribution >= 4 is 23.3 Å². The lowest BCUT2D eigenvalue weighted by atomic mass is 10.1. The molecule has 0 bridgehead atoms. The summed E-state index contributed by atoms with van der Waals surface area (Å²) in [6, 6.07) is 16.4. The van der Waals surface area contributed by atoms with Gasteiger partial charge in [-0.2, -0.15) is 0 Å². The molecular weight excluding hydrogens is 412 g/mol. The molecule has 2 rings (SSSR count). The molecule has 0 spiro atoms. The van der Waals surface area contributed by atoms with Gasteiger partial charge in [0.1, 0.15) is 0 Å². The lowest BCUT2D eigenvalue weighted by molar-refractivity contribution is 0.737. The molecule has 0 fully saturated rings. The SMILES string of the molecule is CCCCCC#Cc1ccc(N=CC(CCCC)=Nc2ccc(C#CCCCCC)cc2)cc1. The van der Waals surface area contributed by atoms with Crippen LogP contribution in [0.4, 0.5) is 11.4 Å². The van der Waals surface area contributed by atoms with E-state index in [1.807, 2.05) is 42.6 Å². The first-order valence-corrected chi connectivity index (χ1v) is 13.0. The number of hydrogen-bond acceptors (Lipinski definition) is 2. The fourth-order valence-electron chi connectivity index (χ4n) is 3.33. The van der Waals surface area contributed by atoms with Gasteiger partial charge < -0.3 is 0 Å². The van der Waals surface area contributed by atoms with Crippen molar-refractivity contribution in [3.63, 3.8) is 0 Å². The number of benzene rings is 2. The zero-order valence-electron chi connectivity index (χ0n) is 21.4. The Bertz CT molecular complexity index is 1000. The van der Waals surface area contributed by atoms with Gasteiger partial charge in [-0.3, -0.25) is 9.98 Å². The highest BCUT2D eigenvalue weighted by Gasteiger charge is 1.99. The molecule has 0 saturated heterocycles. The van der Waals surface area contributed by atoms with Gasteiger partial charge in [-0.1, -0.05) is 76.6 Å². The second-order valence-corrected chi connectivity index (χ2v) is 8.58. The quantitative estimate of drug-likeness (QED) is 0.174. The minimum Gasteiger partial charge on any atom is -0.255 e. The largest absolute Gasteiger partial charge is 0.255 e. The first-order valence-electron chi connectivity index (χ1n) is 13.0. The van der Waals surface area contributed by atoms with Crippen LogP contribution in [-0.2, 0) is 0 Å². The van der Waals surface area contributed by atoms with Crippen molar-refractivity contribution in [1.29, 1.82) is 0 Å². The van der Waals surface area contributed by atoms with E-state index in [1.165, 1.54) is 38.5 Å². The third-order valence-electron chi connectivity index (χ3n) is 5.43. The van der Waals surface area contributed by atoms with Crippen molar-refractivity contribution in [2.24, 2.45) is 9.98 Å². The summed E-state index contributed by atoms with van der Waals surface area (Å²) in [6.45, 7) is 6.63. The maximum absolute atomic E-state index is 4.85. The molecule has 2 aromatic rings. The molecule has 0 N–H and O–H groups in total. The van der Waals surface area contributed by atoms with E-state index >= 15 is 0 Å². The van der Waals surface area contributed by atoms with Crippen molar-refractivity contribution in [2.45, 2.75) is 91.4 Å². The third-order valence-corrected chi connectivity index (χ3v) is 5.43. The highest BCUT2D eigenvalue weighted by molar-refractivity contribution is 6.31. The van der Waals surface area contributed by atoms with Gasteiger partial charge in [0.25, 0.3) is 0 Å². The number of rotatable bonds is 12. The van der Waals surface area contributed by atoms with Crippen molar-refractivity contribution in [3.05, 3.63) is 59.7 Å². The molecule has 0 atom stereocenters. The number of nitrogens with zero attached hydrogens (tertiary/aromatic N) is 2. The van der Waals surface area contributed by atoms with Crippen molar-refractivity contribution < 1.29 is 0 Å². The molecule has 0 radical (unpaired) electrons. The Morgan fingerprint density at radius 3 is 1.65 bits per heavy atom. The van der Waals surface area contributed by atoms with E-state index in [1.54, 1.807) is 0 Å². The Morgan fingerprint density at radius 1 is 0.647 bits per heavy atom. The number of unbranched alkanes of at least 4 members (excludes halogenated alkanes) is 7. The maximum Gasteiger partial charge on any atom is 0.0634 e. The summed E-state index contributed by atoms with van der Waals surface area (Å²) < 4.78 is 0. The Hall–Kier alpha value is -3.10. The highest BCUT2D eigenvalue weighted by Crippen LogP contribution is 2.16. The van der Waals surface area contributed by atoms with Crippen LogP contribution in [0.25, 0.3) is 0 Å². The number of aliphatic imine (C=N–C) groups is 2. The van der Waals surface area contributed by atoms with Gasteiger partial charge in [-0.25, -0.2) is 0 Å². The minimum atomic E-state index is 0.917. The first kappa shape index (κ1) is 27.1. The van der Waals surface area contributed by atoms with E-state index in [4.69, 9.17) is 4.99 Å². The van der Waals surface area contributed by atoms with E-state index in [0.717, 1.165) is 60.3 Å². The number of hydrogen-bond donors (Lipinski definition) is 0. The van der Waals surface area contributed by atoms with Crippen LogP contribution in [0.5, 0.6) is 0 Å². The Kier molecular flexibility index (Phi) is 13.9. The second kappa shape index (κ2) is 17.4. The average molecular weight is 453 g/mol. The Balaban J connectivity index is 2.01. The summed E-state index contributed by atoms with van der Waals surface area (Å²) in [5.41, 5.74) is 4.97. The monoisotopic (exact) mass is 452 g/mol. The fraction of sp³-hybridized carbons (Fsp3) is 0.438. The van der Waals surface area contributed by atoms with Crippen molar-refractivity contribution in [1.82, 2.24) is 0 Å². The van der Waals surface area contributed by atoms with Gasteiger partial charge in [-0.05, 0) is 74.2 Å². The smallest absolute Gasteiger partial charge is 0.0634 e. The lowest BCUT2D eigenvalue weighted by Gasteiger charge is -2.02. The van der Waals surface area contributed by atoms with Crippen LogP contribution in [0, 0.1) is 23.7 Å².